The Labute approximate surface area is 163 Å². The van der Waals surface area contributed by atoms with E-state index in [2.05, 4.69) is 10.6 Å². The number of amides is 3. The number of carbonyl (C=O) groups is 3. The van der Waals surface area contributed by atoms with Crippen LogP contribution in [0.5, 0.6) is 0 Å². The van der Waals surface area contributed by atoms with Crippen LogP contribution in [0.15, 0.2) is 54.6 Å². The highest BCUT2D eigenvalue weighted by Gasteiger charge is 2.20. The smallest absolute Gasteiger partial charge is 0.240 e. The van der Waals surface area contributed by atoms with Crippen molar-refractivity contribution >= 4 is 17.7 Å². The van der Waals surface area contributed by atoms with Crippen LogP contribution < -0.4 is 16.4 Å². The van der Waals surface area contributed by atoms with Crippen LogP contribution >= 0.6 is 0 Å². The summed E-state index contributed by atoms with van der Waals surface area (Å²) >= 11 is 0. The summed E-state index contributed by atoms with van der Waals surface area (Å²) in [6.07, 6.45) is -0.187. The van der Waals surface area contributed by atoms with Gasteiger partial charge < -0.3 is 16.4 Å². The third-order valence-electron chi connectivity index (χ3n) is 4.32. The largest absolute Gasteiger partial charge is 0.368 e. The Kier molecular flexibility index (Phi) is 7.68. The Balaban J connectivity index is 1.83. The summed E-state index contributed by atoms with van der Waals surface area (Å²) in [5.74, 6) is -2.02. The molecule has 0 saturated carbocycles. The molecule has 0 aromatic heterocycles. The number of nitrogens with two attached hydrogens (primary N) is 1. The third-order valence-corrected chi connectivity index (χ3v) is 4.32. The van der Waals surface area contributed by atoms with Crippen molar-refractivity contribution in [1.82, 2.24) is 10.6 Å². The first-order valence-electron chi connectivity index (χ1n) is 9.03. The second-order valence-electron chi connectivity index (χ2n) is 6.52. The Morgan fingerprint density at radius 1 is 0.929 bits per heavy atom. The molecule has 0 heterocycles. The van der Waals surface area contributed by atoms with Crippen molar-refractivity contribution in [1.29, 1.82) is 0 Å². The molecular weight excluding hydrogens is 361 g/mol. The topological polar surface area (TPSA) is 101 Å². The molecule has 0 spiro atoms. The van der Waals surface area contributed by atoms with Crippen molar-refractivity contribution in [2.75, 3.05) is 0 Å². The van der Waals surface area contributed by atoms with Crippen molar-refractivity contribution in [3.63, 3.8) is 0 Å². The zero-order valence-electron chi connectivity index (χ0n) is 15.7. The van der Waals surface area contributed by atoms with Crippen molar-refractivity contribution in [3.8, 4) is 0 Å². The van der Waals surface area contributed by atoms with Gasteiger partial charge >= 0.3 is 0 Å². The Bertz CT molecular complexity index is 827. The molecule has 148 valence electrons. The second kappa shape index (κ2) is 10.2. The van der Waals surface area contributed by atoms with Crippen LogP contribution in [-0.2, 0) is 20.8 Å². The second-order valence-corrected chi connectivity index (χ2v) is 6.52. The zero-order chi connectivity index (χ0) is 20.5. The number of halogens is 1. The van der Waals surface area contributed by atoms with E-state index in [1.807, 2.05) is 37.3 Å². The quantitative estimate of drug-likeness (QED) is 0.615. The van der Waals surface area contributed by atoms with Crippen LogP contribution in [0.2, 0.25) is 0 Å². The maximum absolute atomic E-state index is 13.7. The maximum Gasteiger partial charge on any atom is 0.240 e. The number of hydrogen-bond acceptors (Lipinski definition) is 3. The first-order valence-corrected chi connectivity index (χ1v) is 9.03. The predicted molar refractivity (Wildman–Crippen MR) is 103 cm³/mol. The minimum atomic E-state index is -1.05. The normalized spacial score (nSPS) is 12.6. The summed E-state index contributed by atoms with van der Waals surface area (Å²) in [6, 6.07) is 14.2. The molecule has 0 bridgehead atoms. The van der Waals surface area contributed by atoms with Gasteiger partial charge in [0.25, 0.3) is 0 Å². The van der Waals surface area contributed by atoms with Crippen LogP contribution in [0.1, 0.15) is 36.9 Å². The molecule has 6 nitrogen and oxygen atoms in total. The Morgan fingerprint density at radius 2 is 1.50 bits per heavy atom. The van der Waals surface area contributed by atoms with Crippen molar-refractivity contribution in [2.24, 2.45) is 5.73 Å². The lowest BCUT2D eigenvalue weighted by Gasteiger charge is -2.17. The standard InChI is InChI=1S/C21H24FN3O3/c1-14(15-7-3-2-4-8-15)24-19(26)11-12-20(27)25-18(21(23)28)13-16-9-5-6-10-17(16)22/h2-10,14,18H,11-13H2,1H3,(H2,23,28)(H,24,26)(H,25,27)/t14-,18-/m1/s1. The van der Waals surface area contributed by atoms with E-state index in [0.29, 0.717) is 0 Å². The van der Waals surface area contributed by atoms with Crippen LogP contribution in [0.3, 0.4) is 0 Å². The van der Waals surface area contributed by atoms with Crippen molar-refractivity contribution in [3.05, 3.63) is 71.5 Å². The summed E-state index contributed by atoms with van der Waals surface area (Å²) < 4.78 is 13.7. The highest BCUT2D eigenvalue weighted by molar-refractivity contribution is 5.88. The van der Waals surface area contributed by atoms with E-state index < -0.39 is 23.7 Å². The summed E-state index contributed by atoms with van der Waals surface area (Å²) in [4.78, 5) is 35.8. The molecule has 0 saturated heterocycles. The van der Waals surface area contributed by atoms with E-state index in [-0.39, 0.29) is 36.8 Å². The summed E-state index contributed by atoms with van der Waals surface area (Å²) in [7, 11) is 0. The van der Waals surface area contributed by atoms with E-state index in [1.54, 1.807) is 6.07 Å². The summed E-state index contributed by atoms with van der Waals surface area (Å²) in [5, 5.41) is 5.29. The number of nitrogens with one attached hydrogen (secondary N) is 2. The number of benzene rings is 2. The molecule has 0 aliphatic heterocycles. The lowest BCUT2D eigenvalue weighted by Crippen LogP contribution is -2.46. The summed E-state index contributed by atoms with van der Waals surface area (Å²) in [6.45, 7) is 1.85. The molecular formula is C21H24FN3O3. The molecule has 0 radical (unpaired) electrons. The molecule has 2 aromatic rings. The maximum atomic E-state index is 13.7. The molecule has 0 aliphatic rings. The minimum absolute atomic E-state index is 0.0335. The first kappa shape index (κ1) is 21.1. The number of carbonyl (C=O) groups excluding carboxylic acids is 3. The van der Waals surface area contributed by atoms with Crippen LogP contribution in [0, 0.1) is 5.82 Å². The first-order chi connectivity index (χ1) is 13.4. The SMILES string of the molecule is C[C@@H](NC(=O)CCC(=O)N[C@H](Cc1ccccc1F)C(N)=O)c1ccccc1. The molecule has 2 atom stereocenters. The molecule has 0 unspecified atom stereocenters. The average molecular weight is 385 g/mol. The fourth-order valence-corrected chi connectivity index (χ4v) is 2.74. The fourth-order valence-electron chi connectivity index (χ4n) is 2.74. The average Bonchev–Trinajstić information content (AvgIpc) is 2.68. The monoisotopic (exact) mass is 385 g/mol. The molecule has 7 heteroatoms. The molecule has 3 amide bonds. The van der Waals surface area contributed by atoms with Crippen LogP contribution in [-0.4, -0.2) is 23.8 Å². The summed E-state index contributed by atoms with van der Waals surface area (Å²) in [5.41, 5.74) is 6.55. The Hall–Kier alpha value is -3.22. The van der Waals surface area contributed by atoms with E-state index in [0.717, 1.165) is 5.56 Å². The molecule has 0 fully saturated rings. The van der Waals surface area contributed by atoms with Gasteiger partial charge in [-0.2, -0.15) is 0 Å². The van der Waals surface area contributed by atoms with Gasteiger partial charge in [-0.3, -0.25) is 14.4 Å². The number of rotatable bonds is 9. The van der Waals surface area contributed by atoms with E-state index in [1.165, 1.54) is 18.2 Å². The van der Waals surface area contributed by atoms with Crippen molar-refractivity contribution in [2.45, 2.75) is 38.3 Å². The highest BCUT2D eigenvalue weighted by Crippen LogP contribution is 2.12. The highest BCUT2D eigenvalue weighted by atomic mass is 19.1. The van der Waals surface area contributed by atoms with E-state index in [9.17, 15) is 18.8 Å². The zero-order valence-corrected chi connectivity index (χ0v) is 15.7. The van der Waals surface area contributed by atoms with Crippen molar-refractivity contribution < 1.29 is 18.8 Å². The van der Waals surface area contributed by atoms with Gasteiger partial charge in [0, 0.05) is 19.3 Å². The van der Waals surface area contributed by atoms with Gasteiger partial charge in [-0.1, -0.05) is 48.5 Å². The molecule has 2 rings (SSSR count). The lowest BCUT2D eigenvalue weighted by molar-refractivity contribution is -0.129. The molecule has 4 N–H and O–H groups in total. The predicted octanol–water partition coefficient (Wildman–Crippen LogP) is 2.00. The third kappa shape index (κ3) is 6.50. The lowest BCUT2D eigenvalue weighted by atomic mass is 10.0. The molecule has 2 aromatic carbocycles. The van der Waals surface area contributed by atoms with Gasteiger partial charge in [0.15, 0.2) is 0 Å². The van der Waals surface area contributed by atoms with Gasteiger partial charge in [0.2, 0.25) is 17.7 Å². The van der Waals surface area contributed by atoms with Gasteiger partial charge in [-0.05, 0) is 24.1 Å². The number of hydrogen-bond donors (Lipinski definition) is 3. The fraction of sp³-hybridized carbons (Fsp3) is 0.286. The number of primary amides is 1. The van der Waals surface area contributed by atoms with Crippen LogP contribution in [0.25, 0.3) is 0 Å². The van der Waals surface area contributed by atoms with E-state index >= 15 is 0 Å². The van der Waals surface area contributed by atoms with Gasteiger partial charge in [0.1, 0.15) is 11.9 Å². The van der Waals surface area contributed by atoms with Gasteiger partial charge in [0.05, 0.1) is 6.04 Å². The van der Waals surface area contributed by atoms with E-state index in [4.69, 9.17) is 5.73 Å². The minimum Gasteiger partial charge on any atom is -0.368 e. The van der Waals surface area contributed by atoms with Gasteiger partial charge in [-0.15, -0.1) is 0 Å². The molecule has 0 aliphatic carbocycles. The van der Waals surface area contributed by atoms with Crippen LogP contribution in [0.4, 0.5) is 4.39 Å². The van der Waals surface area contributed by atoms with Gasteiger partial charge in [-0.25, -0.2) is 4.39 Å². The molecule has 28 heavy (non-hydrogen) atoms. The Morgan fingerprint density at radius 3 is 2.11 bits per heavy atom.